The fourth-order valence-corrected chi connectivity index (χ4v) is 6.01. The highest BCUT2D eigenvalue weighted by Gasteiger charge is 2.59. The van der Waals surface area contributed by atoms with Crippen LogP contribution in [0.2, 0.25) is 0 Å². The van der Waals surface area contributed by atoms with Gasteiger partial charge in [0.05, 0.1) is 5.56 Å². The van der Waals surface area contributed by atoms with Gasteiger partial charge in [0.15, 0.2) is 11.4 Å². The number of phenols is 1. The van der Waals surface area contributed by atoms with Crippen LogP contribution in [-0.2, 0) is 21.4 Å². The van der Waals surface area contributed by atoms with Gasteiger partial charge in [-0.2, -0.15) is 0 Å². The summed E-state index contributed by atoms with van der Waals surface area (Å²) in [5, 5.41) is 43.5. The highest BCUT2D eigenvalue weighted by molar-refractivity contribution is 14.1. The van der Waals surface area contributed by atoms with Crippen LogP contribution in [-0.4, -0.2) is 43.5 Å². The Labute approximate surface area is 198 Å². The fraction of sp³-hybridized carbons (Fsp3) is 0.435. The quantitative estimate of drug-likeness (QED) is 0.264. The molecule has 0 spiro atoms. The molecule has 3 aliphatic rings. The van der Waals surface area contributed by atoms with E-state index in [2.05, 4.69) is 22.6 Å². The number of aliphatic hydroxyl groups is 3. The molecule has 0 fully saturated rings. The van der Waals surface area contributed by atoms with Gasteiger partial charge in [-0.1, -0.05) is 20.8 Å². The molecular weight excluding hydrogens is 529 g/mol. The molecule has 170 valence electrons. The number of carbonyl (C=O) groups is 3. The number of halogens is 1. The second-order valence-electron chi connectivity index (χ2n) is 9.77. The SMILES string of the molecule is CC(C)(C)c1cc(I)c2c(c1O)C(=O)C1=C(O)[C@]3(O)C(=O)C(C(N)=O)=C(O)CC3C[C@@H]1C2. The standard InChI is InChI=1S/C23H24INO7/c1-22(2,3)11-7-12(24)10-5-8-4-9-6-13(26)16(21(25)31)20(30)23(9,32)19(29)14(8)18(28)15(10)17(11)27/h7-9,26-27,29,32H,4-6H2,1-3H3,(H2,25,31)/t8-,9?,23+/m1/s1. The van der Waals surface area contributed by atoms with Crippen molar-refractivity contribution in [3.8, 4) is 5.75 Å². The van der Waals surface area contributed by atoms with Gasteiger partial charge in [0, 0.05) is 27.0 Å². The van der Waals surface area contributed by atoms with Crippen molar-refractivity contribution < 1.29 is 34.8 Å². The molecule has 3 atom stereocenters. The van der Waals surface area contributed by atoms with Crippen LogP contribution in [0.3, 0.4) is 0 Å². The minimum atomic E-state index is -2.54. The third kappa shape index (κ3) is 2.93. The molecule has 9 heteroatoms. The average molecular weight is 553 g/mol. The molecule has 8 nitrogen and oxygen atoms in total. The zero-order valence-electron chi connectivity index (χ0n) is 17.8. The number of Topliss-reactive ketones (excluding diaryl/α,β-unsaturated/α-hetero) is 2. The van der Waals surface area contributed by atoms with Gasteiger partial charge in [-0.05, 0) is 58.4 Å². The number of aliphatic hydroxyl groups excluding tert-OH is 2. The van der Waals surface area contributed by atoms with Crippen molar-refractivity contribution in [2.24, 2.45) is 17.6 Å². The zero-order chi connectivity index (χ0) is 23.9. The predicted octanol–water partition coefficient (Wildman–Crippen LogP) is 2.48. The van der Waals surface area contributed by atoms with Gasteiger partial charge < -0.3 is 26.2 Å². The maximum absolute atomic E-state index is 13.6. The first-order valence-corrected chi connectivity index (χ1v) is 11.3. The molecule has 0 heterocycles. The number of aromatic hydroxyl groups is 1. The van der Waals surface area contributed by atoms with Crippen LogP contribution in [0, 0.1) is 15.4 Å². The fourth-order valence-electron chi connectivity index (χ4n) is 5.21. The van der Waals surface area contributed by atoms with Crippen molar-refractivity contribution in [1.82, 2.24) is 0 Å². The summed E-state index contributed by atoms with van der Waals surface area (Å²) in [7, 11) is 0. The smallest absolute Gasteiger partial charge is 0.255 e. The van der Waals surface area contributed by atoms with Crippen molar-refractivity contribution >= 4 is 40.1 Å². The first-order chi connectivity index (χ1) is 14.7. The lowest BCUT2D eigenvalue weighted by Gasteiger charge is -2.45. The van der Waals surface area contributed by atoms with E-state index in [-0.39, 0.29) is 29.7 Å². The highest BCUT2D eigenvalue weighted by atomic mass is 127. The molecule has 0 saturated carbocycles. The molecule has 1 unspecified atom stereocenters. The molecule has 1 aromatic rings. The first-order valence-electron chi connectivity index (χ1n) is 10.2. The average Bonchev–Trinajstić information content (AvgIpc) is 2.66. The van der Waals surface area contributed by atoms with Crippen LogP contribution >= 0.6 is 22.6 Å². The number of phenolic OH excluding ortho intramolecular Hbond substituents is 1. The van der Waals surface area contributed by atoms with Crippen molar-refractivity contribution in [2.45, 2.75) is 51.0 Å². The van der Waals surface area contributed by atoms with E-state index < -0.39 is 57.4 Å². The Balaban J connectivity index is 1.94. The van der Waals surface area contributed by atoms with E-state index in [1.165, 1.54) is 0 Å². The van der Waals surface area contributed by atoms with Crippen molar-refractivity contribution in [2.75, 3.05) is 0 Å². The van der Waals surface area contributed by atoms with Gasteiger partial charge in [-0.15, -0.1) is 0 Å². The summed E-state index contributed by atoms with van der Waals surface area (Å²) in [5.74, 6) is -6.10. The Morgan fingerprint density at radius 1 is 1.19 bits per heavy atom. The number of nitrogens with two attached hydrogens (primary N) is 1. The molecule has 1 aromatic carbocycles. The Kier molecular flexibility index (Phi) is 5.02. The topological polar surface area (TPSA) is 158 Å². The van der Waals surface area contributed by atoms with E-state index in [4.69, 9.17) is 5.73 Å². The van der Waals surface area contributed by atoms with Gasteiger partial charge >= 0.3 is 0 Å². The maximum Gasteiger partial charge on any atom is 0.255 e. The van der Waals surface area contributed by atoms with E-state index in [0.717, 1.165) is 3.57 Å². The number of hydrogen-bond donors (Lipinski definition) is 5. The number of allylic oxidation sites excluding steroid dienone is 2. The number of hydrogen-bond acceptors (Lipinski definition) is 7. The highest BCUT2D eigenvalue weighted by Crippen LogP contribution is 2.52. The molecule has 0 saturated heterocycles. The van der Waals surface area contributed by atoms with Gasteiger partial charge in [0.1, 0.15) is 22.8 Å². The van der Waals surface area contributed by atoms with E-state index in [1.54, 1.807) is 0 Å². The predicted molar refractivity (Wildman–Crippen MR) is 122 cm³/mol. The summed E-state index contributed by atoms with van der Waals surface area (Å²) < 4.78 is 0.798. The Bertz CT molecular complexity index is 1170. The van der Waals surface area contributed by atoms with Crippen molar-refractivity contribution in [3.63, 3.8) is 0 Å². The molecular formula is C23H24INO7. The molecule has 0 aromatic heterocycles. The molecule has 6 N–H and O–H groups in total. The number of amides is 1. The maximum atomic E-state index is 13.6. The molecule has 3 aliphatic carbocycles. The second-order valence-corrected chi connectivity index (χ2v) is 10.9. The van der Waals surface area contributed by atoms with Gasteiger partial charge in [0.25, 0.3) is 5.91 Å². The van der Waals surface area contributed by atoms with Crippen LogP contribution in [0.4, 0.5) is 0 Å². The van der Waals surface area contributed by atoms with Gasteiger partial charge in [0.2, 0.25) is 5.78 Å². The van der Waals surface area contributed by atoms with E-state index in [0.29, 0.717) is 17.5 Å². The first kappa shape index (κ1) is 22.8. The third-order valence-corrected chi connectivity index (χ3v) is 7.78. The zero-order valence-corrected chi connectivity index (χ0v) is 20.0. The molecule has 0 radical (unpaired) electrons. The Morgan fingerprint density at radius 3 is 2.38 bits per heavy atom. The summed E-state index contributed by atoms with van der Waals surface area (Å²) in [4.78, 5) is 38.2. The molecule has 32 heavy (non-hydrogen) atoms. The minimum Gasteiger partial charge on any atom is -0.511 e. The van der Waals surface area contributed by atoms with E-state index in [9.17, 15) is 34.8 Å². The third-order valence-electron chi connectivity index (χ3n) is 6.82. The molecule has 4 rings (SSSR count). The number of primary amides is 1. The lowest BCUT2D eigenvalue weighted by Crippen LogP contribution is -2.57. The van der Waals surface area contributed by atoms with Gasteiger partial charge in [-0.25, -0.2) is 0 Å². The van der Waals surface area contributed by atoms with Crippen LogP contribution in [0.15, 0.2) is 28.7 Å². The number of benzene rings is 1. The number of rotatable bonds is 1. The normalized spacial score (nSPS) is 27.8. The summed E-state index contributed by atoms with van der Waals surface area (Å²) >= 11 is 2.12. The summed E-state index contributed by atoms with van der Waals surface area (Å²) in [6.07, 6.45) is 0.201. The van der Waals surface area contributed by atoms with Gasteiger partial charge in [-0.3, -0.25) is 14.4 Å². The van der Waals surface area contributed by atoms with Crippen molar-refractivity contribution in [3.05, 3.63) is 49.0 Å². The number of carbonyl (C=O) groups excluding carboxylic acids is 3. The molecule has 0 aliphatic heterocycles. The largest absolute Gasteiger partial charge is 0.511 e. The Morgan fingerprint density at radius 2 is 1.81 bits per heavy atom. The van der Waals surface area contributed by atoms with Crippen LogP contribution < -0.4 is 5.73 Å². The van der Waals surface area contributed by atoms with E-state index >= 15 is 0 Å². The molecule has 0 bridgehead atoms. The van der Waals surface area contributed by atoms with Crippen molar-refractivity contribution in [1.29, 1.82) is 0 Å². The lowest BCUT2D eigenvalue weighted by atomic mass is 9.60. The summed E-state index contributed by atoms with van der Waals surface area (Å²) in [5.41, 5.74) is 2.55. The molecule has 1 amide bonds. The summed E-state index contributed by atoms with van der Waals surface area (Å²) in [6, 6.07) is 1.84. The van der Waals surface area contributed by atoms with E-state index in [1.807, 2.05) is 26.8 Å². The monoisotopic (exact) mass is 553 g/mol. The number of fused-ring (bicyclic) bond motifs is 3. The lowest BCUT2D eigenvalue weighted by molar-refractivity contribution is -0.144. The van der Waals surface area contributed by atoms with Crippen LogP contribution in [0.25, 0.3) is 0 Å². The van der Waals surface area contributed by atoms with Crippen LogP contribution in [0.1, 0.15) is 55.1 Å². The summed E-state index contributed by atoms with van der Waals surface area (Å²) in [6.45, 7) is 5.70. The Hall–Kier alpha value is -2.40. The van der Waals surface area contributed by atoms with Crippen LogP contribution in [0.5, 0.6) is 5.75 Å². The minimum absolute atomic E-state index is 0.0541. The number of ketones is 2. The second kappa shape index (κ2) is 7.05.